The van der Waals surface area contributed by atoms with Crippen molar-refractivity contribution in [3.8, 4) is 0 Å². The standard InChI is InChI=1S/C25H32N6O4/c1-15-3-5-16(6-4-15)21(30-22(32)17-12-27-31(2)14-17)23(33)29-20-11-19-18(13-26-20)25(24(34)28-19)7-9-35-10-8-25/h11-16,21H,3-10H2,1-2H3,(H,28,34)(H,30,32)(H,26,29,33)/t15-,16-,21-/m0/s1. The molecule has 1 aliphatic carbocycles. The molecule has 10 nitrogen and oxygen atoms in total. The lowest BCUT2D eigenvalue weighted by atomic mass is 9.76. The Morgan fingerprint density at radius 1 is 1.20 bits per heavy atom. The summed E-state index contributed by atoms with van der Waals surface area (Å²) in [5.74, 6) is 0.323. The van der Waals surface area contributed by atoms with Crippen molar-refractivity contribution in [2.45, 2.75) is 56.9 Å². The van der Waals surface area contributed by atoms with Crippen LogP contribution in [-0.4, -0.2) is 51.7 Å². The summed E-state index contributed by atoms with van der Waals surface area (Å²) in [5, 5.41) is 12.8. The van der Waals surface area contributed by atoms with Gasteiger partial charge in [-0.1, -0.05) is 19.8 Å². The second kappa shape index (κ2) is 9.41. The fourth-order valence-corrected chi connectivity index (χ4v) is 5.57. The van der Waals surface area contributed by atoms with E-state index in [-0.39, 0.29) is 23.6 Å². The summed E-state index contributed by atoms with van der Waals surface area (Å²) < 4.78 is 7.01. The van der Waals surface area contributed by atoms with E-state index in [2.05, 4.69) is 33.0 Å². The van der Waals surface area contributed by atoms with E-state index in [1.807, 2.05) is 0 Å². The third-order valence-corrected chi connectivity index (χ3v) is 7.77. The van der Waals surface area contributed by atoms with E-state index in [1.54, 1.807) is 30.2 Å². The van der Waals surface area contributed by atoms with Crippen LogP contribution in [0.4, 0.5) is 11.5 Å². The van der Waals surface area contributed by atoms with Crippen molar-refractivity contribution >= 4 is 29.2 Å². The van der Waals surface area contributed by atoms with Gasteiger partial charge < -0.3 is 20.7 Å². The average Bonchev–Trinajstić information content (AvgIpc) is 3.39. The van der Waals surface area contributed by atoms with Crippen LogP contribution in [0.3, 0.4) is 0 Å². The Hall–Kier alpha value is -3.27. The summed E-state index contributed by atoms with van der Waals surface area (Å²) in [6.07, 6.45) is 9.80. The van der Waals surface area contributed by atoms with E-state index in [4.69, 9.17) is 4.74 Å². The average molecular weight is 481 g/mol. The third-order valence-electron chi connectivity index (χ3n) is 7.77. The number of carbonyl (C=O) groups is 3. The molecule has 1 spiro atoms. The molecule has 4 heterocycles. The lowest BCUT2D eigenvalue weighted by Gasteiger charge is -2.32. The molecule has 2 aromatic rings. The number of carbonyl (C=O) groups excluding carboxylic acids is 3. The molecule has 1 saturated heterocycles. The number of anilines is 2. The molecule has 2 fully saturated rings. The van der Waals surface area contributed by atoms with Crippen LogP contribution in [0.15, 0.2) is 24.7 Å². The number of nitrogens with one attached hydrogen (secondary N) is 3. The fourth-order valence-electron chi connectivity index (χ4n) is 5.57. The van der Waals surface area contributed by atoms with Crippen LogP contribution >= 0.6 is 0 Å². The number of ether oxygens (including phenoxy) is 1. The molecule has 0 aromatic carbocycles. The Labute approximate surface area is 204 Å². The summed E-state index contributed by atoms with van der Waals surface area (Å²) in [6.45, 7) is 3.28. The molecular formula is C25H32N6O4. The maximum atomic E-state index is 13.4. The first-order chi connectivity index (χ1) is 16.9. The number of nitrogens with zero attached hydrogens (tertiary/aromatic N) is 3. The molecule has 0 bridgehead atoms. The van der Waals surface area contributed by atoms with Gasteiger partial charge >= 0.3 is 0 Å². The normalized spacial score (nSPS) is 23.9. The fraction of sp³-hybridized carbons (Fsp3) is 0.560. The Bertz CT molecular complexity index is 1130. The van der Waals surface area contributed by atoms with Gasteiger partial charge in [0, 0.05) is 44.3 Å². The van der Waals surface area contributed by atoms with Crippen LogP contribution in [0.25, 0.3) is 0 Å². The molecule has 0 unspecified atom stereocenters. The van der Waals surface area contributed by atoms with Crippen LogP contribution < -0.4 is 16.0 Å². The van der Waals surface area contributed by atoms with E-state index < -0.39 is 11.5 Å². The molecule has 10 heteroatoms. The minimum absolute atomic E-state index is 0.0338. The van der Waals surface area contributed by atoms with Gasteiger partial charge in [-0.2, -0.15) is 5.10 Å². The molecule has 5 rings (SSSR count). The molecule has 1 saturated carbocycles. The maximum Gasteiger partial charge on any atom is 0.255 e. The van der Waals surface area contributed by atoms with E-state index >= 15 is 0 Å². The summed E-state index contributed by atoms with van der Waals surface area (Å²) in [7, 11) is 1.74. The van der Waals surface area contributed by atoms with Gasteiger partial charge in [0.15, 0.2) is 0 Å². The van der Waals surface area contributed by atoms with Crippen molar-refractivity contribution in [1.82, 2.24) is 20.1 Å². The zero-order valence-electron chi connectivity index (χ0n) is 20.2. The van der Waals surface area contributed by atoms with Crippen LogP contribution in [0.5, 0.6) is 0 Å². The molecule has 186 valence electrons. The number of hydrogen-bond donors (Lipinski definition) is 3. The lowest BCUT2D eigenvalue weighted by molar-refractivity contribution is -0.124. The van der Waals surface area contributed by atoms with E-state index in [9.17, 15) is 14.4 Å². The van der Waals surface area contributed by atoms with Crippen molar-refractivity contribution in [3.63, 3.8) is 0 Å². The predicted octanol–water partition coefficient (Wildman–Crippen LogP) is 2.38. The number of aromatic nitrogens is 3. The van der Waals surface area contributed by atoms with Gasteiger partial charge in [0.2, 0.25) is 11.8 Å². The highest BCUT2D eigenvalue weighted by Gasteiger charge is 2.48. The molecule has 2 aromatic heterocycles. The third kappa shape index (κ3) is 4.54. The van der Waals surface area contributed by atoms with E-state index in [0.717, 1.165) is 31.2 Å². The molecule has 2 aliphatic heterocycles. The van der Waals surface area contributed by atoms with Gasteiger partial charge in [0.25, 0.3) is 5.91 Å². The first-order valence-corrected chi connectivity index (χ1v) is 12.4. The smallest absolute Gasteiger partial charge is 0.255 e. The number of rotatable bonds is 5. The molecular weight excluding hydrogens is 448 g/mol. The Morgan fingerprint density at radius 3 is 2.63 bits per heavy atom. The minimum atomic E-state index is -0.693. The van der Waals surface area contributed by atoms with Gasteiger partial charge in [-0.3, -0.25) is 19.1 Å². The quantitative estimate of drug-likeness (QED) is 0.603. The van der Waals surface area contributed by atoms with Crippen molar-refractivity contribution in [2.24, 2.45) is 18.9 Å². The molecule has 35 heavy (non-hydrogen) atoms. The van der Waals surface area contributed by atoms with E-state index in [0.29, 0.717) is 49.0 Å². The number of aryl methyl sites for hydroxylation is 1. The number of pyridine rings is 1. The Balaban J connectivity index is 1.34. The van der Waals surface area contributed by atoms with Crippen LogP contribution in [0, 0.1) is 11.8 Å². The number of hydrogen-bond acceptors (Lipinski definition) is 6. The van der Waals surface area contributed by atoms with Crippen LogP contribution in [0.1, 0.15) is 61.4 Å². The van der Waals surface area contributed by atoms with Crippen molar-refractivity contribution in [1.29, 1.82) is 0 Å². The topological polar surface area (TPSA) is 127 Å². The Morgan fingerprint density at radius 2 is 1.94 bits per heavy atom. The van der Waals surface area contributed by atoms with Crippen molar-refractivity contribution < 1.29 is 19.1 Å². The van der Waals surface area contributed by atoms with Crippen LogP contribution in [0.2, 0.25) is 0 Å². The summed E-state index contributed by atoms with van der Waals surface area (Å²) in [5.41, 5.74) is 1.33. The van der Waals surface area contributed by atoms with Crippen molar-refractivity contribution in [3.05, 3.63) is 35.8 Å². The highest BCUT2D eigenvalue weighted by molar-refractivity contribution is 6.07. The first-order valence-electron chi connectivity index (χ1n) is 12.4. The maximum absolute atomic E-state index is 13.4. The second-order valence-corrected chi connectivity index (χ2v) is 10.1. The predicted molar refractivity (Wildman–Crippen MR) is 129 cm³/mol. The lowest BCUT2D eigenvalue weighted by Crippen LogP contribution is -2.49. The molecule has 3 amide bonds. The first kappa shape index (κ1) is 23.5. The SMILES string of the molecule is Cn1cc(C(=O)N[C@H](C(=O)Nc2cc3c(cn2)C2(CCOCC2)C(=O)N3)[C@H]2CC[C@H](C)CC2)cn1. The number of fused-ring (bicyclic) bond motifs is 2. The summed E-state index contributed by atoms with van der Waals surface area (Å²) >= 11 is 0. The number of amides is 3. The molecule has 0 radical (unpaired) electrons. The molecule has 1 atom stereocenters. The summed E-state index contributed by atoms with van der Waals surface area (Å²) in [4.78, 5) is 43.6. The monoisotopic (exact) mass is 480 g/mol. The zero-order chi connectivity index (χ0) is 24.6. The van der Waals surface area contributed by atoms with Gasteiger partial charge in [0.05, 0.1) is 22.9 Å². The largest absolute Gasteiger partial charge is 0.381 e. The highest BCUT2D eigenvalue weighted by atomic mass is 16.5. The molecule has 3 aliphatic rings. The second-order valence-electron chi connectivity index (χ2n) is 10.1. The van der Waals surface area contributed by atoms with Gasteiger partial charge in [-0.25, -0.2) is 4.98 Å². The Kier molecular flexibility index (Phi) is 6.31. The van der Waals surface area contributed by atoms with Gasteiger partial charge in [-0.15, -0.1) is 0 Å². The van der Waals surface area contributed by atoms with Gasteiger partial charge in [-0.05, 0) is 37.5 Å². The zero-order valence-corrected chi connectivity index (χ0v) is 20.2. The van der Waals surface area contributed by atoms with Crippen LogP contribution in [-0.2, 0) is 26.8 Å². The van der Waals surface area contributed by atoms with E-state index in [1.165, 1.54) is 6.20 Å². The van der Waals surface area contributed by atoms with Crippen molar-refractivity contribution in [2.75, 3.05) is 23.8 Å². The summed E-state index contributed by atoms with van der Waals surface area (Å²) in [6, 6.07) is 1.01. The molecule has 3 N–H and O–H groups in total. The minimum Gasteiger partial charge on any atom is -0.381 e. The van der Waals surface area contributed by atoms with Gasteiger partial charge in [0.1, 0.15) is 11.9 Å². The highest BCUT2D eigenvalue weighted by Crippen LogP contribution is 2.44.